The van der Waals surface area contributed by atoms with Crippen molar-refractivity contribution in [1.82, 2.24) is 9.21 Å². The highest BCUT2D eigenvalue weighted by atomic mass is 32.2. The van der Waals surface area contributed by atoms with Gasteiger partial charge in [0.25, 0.3) is 0 Å². The Morgan fingerprint density at radius 2 is 1.79 bits per heavy atom. The summed E-state index contributed by atoms with van der Waals surface area (Å²) in [5.74, 6) is -0.470. The molecule has 1 aliphatic rings. The molecular formula is C21H26FN3O3S. The highest BCUT2D eigenvalue weighted by Crippen LogP contribution is 2.22. The van der Waals surface area contributed by atoms with E-state index in [0.29, 0.717) is 25.3 Å². The number of anilines is 1. The largest absolute Gasteiger partial charge is 0.376 e. The minimum atomic E-state index is -3.52. The zero-order chi connectivity index (χ0) is 20.9. The molecule has 1 heterocycles. The number of piperidine rings is 1. The molecule has 6 nitrogen and oxygen atoms in total. The van der Waals surface area contributed by atoms with Gasteiger partial charge in [0.15, 0.2) is 0 Å². The highest BCUT2D eigenvalue weighted by Gasteiger charge is 2.26. The van der Waals surface area contributed by atoms with E-state index in [-0.39, 0.29) is 23.2 Å². The third-order valence-corrected chi connectivity index (χ3v) is 6.88. The molecule has 0 aliphatic carbocycles. The maximum absolute atomic E-state index is 13.0. The minimum absolute atomic E-state index is 0.0326. The fraction of sp³-hybridized carbons (Fsp3) is 0.381. The van der Waals surface area contributed by atoms with Crippen LogP contribution in [0, 0.1) is 5.82 Å². The molecule has 3 rings (SSSR count). The molecule has 8 heteroatoms. The average Bonchev–Trinajstić information content (AvgIpc) is 2.74. The van der Waals surface area contributed by atoms with Crippen molar-refractivity contribution in [3.8, 4) is 0 Å². The van der Waals surface area contributed by atoms with Gasteiger partial charge in [0.1, 0.15) is 5.82 Å². The first-order chi connectivity index (χ1) is 13.9. The van der Waals surface area contributed by atoms with E-state index < -0.39 is 10.0 Å². The molecule has 0 spiro atoms. The maximum atomic E-state index is 13.0. The number of hydrogen-bond donors (Lipinski definition) is 1. The molecule has 1 fully saturated rings. The van der Waals surface area contributed by atoms with Crippen LogP contribution in [-0.2, 0) is 21.4 Å². The summed E-state index contributed by atoms with van der Waals surface area (Å²) in [5, 5.41) is 3.00. The molecule has 2 aromatic rings. The van der Waals surface area contributed by atoms with E-state index in [4.69, 9.17) is 0 Å². The standard InChI is InChI=1S/C21H26FN3O3S/c1-24(16-17-8-10-18(22)11-9-17)21(26)15-23-19-6-5-7-20(14-19)29(27,28)25-12-3-2-4-13-25/h5-11,14,23H,2-4,12-13,15-16H2,1H3. The van der Waals surface area contributed by atoms with Crippen LogP contribution in [0.4, 0.5) is 10.1 Å². The van der Waals surface area contributed by atoms with Gasteiger partial charge in [-0.1, -0.05) is 24.6 Å². The Morgan fingerprint density at radius 3 is 2.48 bits per heavy atom. The van der Waals surface area contributed by atoms with Crippen LogP contribution in [0.1, 0.15) is 24.8 Å². The maximum Gasteiger partial charge on any atom is 0.243 e. The molecule has 0 unspecified atom stereocenters. The van der Waals surface area contributed by atoms with Crippen molar-refractivity contribution in [3.05, 3.63) is 59.9 Å². The Morgan fingerprint density at radius 1 is 1.10 bits per heavy atom. The number of benzene rings is 2. The van der Waals surface area contributed by atoms with Crippen LogP contribution < -0.4 is 5.32 Å². The highest BCUT2D eigenvalue weighted by molar-refractivity contribution is 7.89. The second kappa shape index (κ2) is 9.37. The van der Waals surface area contributed by atoms with Gasteiger partial charge in [-0.25, -0.2) is 12.8 Å². The molecule has 0 saturated carbocycles. The van der Waals surface area contributed by atoms with E-state index in [0.717, 1.165) is 24.8 Å². The zero-order valence-corrected chi connectivity index (χ0v) is 17.3. The number of likely N-dealkylation sites (N-methyl/N-ethyl adjacent to an activating group) is 1. The topological polar surface area (TPSA) is 69.7 Å². The summed E-state index contributed by atoms with van der Waals surface area (Å²) in [5.41, 5.74) is 1.41. The summed E-state index contributed by atoms with van der Waals surface area (Å²) >= 11 is 0. The van der Waals surface area contributed by atoms with E-state index in [1.807, 2.05) is 0 Å². The second-order valence-corrected chi connectivity index (χ2v) is 9.16. The summed E-state index contributed by atoms with van der Waals surface area (Å²) in [4.78, 5) is 14.1. The Labute approximate surface area is 171 Å². The van der Waals surface area contributed by atoms with Gasteiger partial charge >= 0.3 is 0 Å². The number of amides is 1. The van der Waals surface area contributed by atoms with Crippen molar-refractivity contribution in [2.75, 3.05) is 32.0 Å². The number of carbonyl (C=O) groups is 1. The average molecular weight is 420 g/mol. The Hall–Kier alpha value is -2.45. The fourth-order valence-electron chi connectivity index (χ4n) is 3.29. The van der Waals surface area contributed by atoms with E-state index in [9.17, 15) is 17.6 Å². The van der Waals surface area contributed by atoms with Crippen LogP contribution in [0.5, 0.6) is 0 Å². The quantitative estimate of drug-likeness (QED) is 0.749. The summed E-state index contributed by atoms with van der Waals surface area (Å²) in [7, 11) is -1.85. The van der Waals surface area contributed by atoms with Crippen molar-refractivity contribution in [2.45, 2.75) is 30.7 Å². The van der Waals surface area contributed by atoms with Gasteiger partial charge in [0, 0.05) is 32.4 Å². The van der Waals surface area contributed by atoms with E-state index in [2.05, 4.69) is 5.32 Å². The van der Waals surface area contributed by atoms with Gasteiger partial charge < -0.3 is 10.2 Å². The third kappa shape index (κ3) is 5.55. The lowest BCUT2D eigenvalue weighted by Gasteiger charge is -2.26. The number of nitrogens with zero attached hydrogens (tertiary/aromatic N) is 2. The molecule has 29 heavy (non-hydrogen) atoms. The lowest BCUT2D eigenvalue weighted by molar-refractivity contribution is -0.128. The van der Waals surface area contributed by atoms with Crippen molar-refractivity contribution in [1.29, 1.82) is 0 Å². The summed E-state index contributed by atoms with van der Waals surface area (Å²) in [6, 6.07) is 12.6. The third-order valence-electron chi connectivity index (χ3n) is 4.99. The van der Waals surface area contributed by atoms with Crippen molar-refractivity contribution >= 4 is 21.6 Å². The first kappa shape index (κ1) is 21.3. The second-order valence-electron chi connectivity index (χ2n) is 7.22. The monoisotopic (exact) mass is 419 g/mol. The predicted molar refractivity (Wildman–Crippen MR) is 110 cm³/mol. The Kier molecular flexibility index (Phi) is 6.87. The molecule has 156 valence electrons. The number of sulfonamides is 1. The van der Waals surface area contributed by atoms with Crippen LogP contribution in [0.2, 0.25) is 0 Å². The van der Waals surface area contributed by atoms with Crippen LogP contribution in [0.3, 0.4) is 0 Å². The van der Waals surface area contributed by atoms with Crippen molar-refractivity contribution in [3.63, 3.8) is 0 Å². The molecule has 1 aliphatic heterocycles. The van der Waals surface area contributed by atoms with Crippen LogP contribution in [0.25, 0.3) is 0 Å². The van der Waals surface area contributed by atoms with Crippen LogP contribution in [-0.4, -0.2) is 50.2 Å². The number of carbonyl (C=O) groups excluding carboxylic acids is 1. The molecule has 0 atom stereocenters. The fourth-order valence-corrected chi connectivity index (χ4v) is 4.85. The van der Waals surface area contributed by atoms with Gasteiger partial charge in [-0.2, -0.15) is 4.31 Å². The normalized spacial score (nSPS) is 15.1. The smallest absolute Gasteiger partial charge is 0.243 e. The number of hydrogen-bond acceptors (Lipinski definition) is 4. The first-order valence-corrected chi connectivity index (χ1v) is 11.1. The predicted octanol–water partition coefficient (Wildman–Crippen LogP) is 3.07. The van der Waals surface area contributed by atoms with Gasteiger partial charge in [-0.15, -0.1) is 0 Å². The van der Waals surface area contributed by atoms with Gasteiger partial charge in [0.2, 0.25) is 15.9 Å². The molecule has 1 amide bonds. The molecule has 1 N–H and O–H groups in total. The molecule has 2 aromatic carbocycles. The lowest BCUT2D eigenvalue weighted by atomic mass is 10.2. The molecule has 0 radical (unpaired) electrons. The lowest BCUT2D eigenvalue weighted by Crippen LogP contribution is -2.35. The van der Waals surface area contributed by atoms with Crippen molar-refractivity contribution < 1.29 is 17.6 Å². The minimum Gasteiger partial charge on any atom is -0.376 e. The Balaban J connectivity index is 1.59. The number of halogens is 1. The van der Waals surface area contributed by atoms with Gasteiger partial charge in [-0.3, -0.25) is 4.79 Å². The summed E-state index contributed by atoms with van der Waals surface area (Å²) in [6.45, 7) is 1.49. The van der Waals surface area contributed by atoms with Crippen LogP contribution >= 0.6 is 0 Å². The van der Waals surface area contributed by atoms with Crippen LogP contribution in [0.15, 0.2) is 53.4 Å². The molecule has 0 bridgehead atoms. The zero-order valence-electron chi connectivity index (χ0n) is 16.5. The van der Waals surface area contributed by atoms with Crippen molar-refractivity contribution in [2.24, 2.45) is 0 Å². The SMILES string of the molecule is CN(Cc1ccc(F)cc1)C(=O)CNc1cccc(S(=O)(=O)N2CCCCC2)c1. The summed E-state index contributed by atoms with van der Waals surface area (Å²) in [6.07, 6.45) is 2.82. The van der Waals surface area contributed by atoms with E-state index >= 15 is 0 Å². The molecule has 1 saturated heterocycles. The van der Waals surface area contributed by atoms with E-state index in [1.54, 1.807) is 43.4 Å². The number of rotatable bonds is 7. The van der Waals surface area contributed by atoms with Gasteiger partial charge in [-0.05, 0) is 48.7 Å². The van der Waals surface area contributed by atoms with E-state index in [1.165, 1.54) is 21.3 Å². The molecule has 0 aromatic heterocycles. The van der Waals surface area contributed by atoms with Gasteiger partial charge in [0.05, 0.1) is 11.4 Å². The summed E-state index contributed by atoms with van der Waals surface area (Å²) < 4.78 is 40.1. The molecular weight excluding hydrogens is 393 g/mol. The Bertz CT molecular complexity index is 942. The first-order valence-electron chi connectivity index (χ1n) is 9.69. The number of nitrogens with one attached hydrogen (secondary N) is 1.